The number of aryl methyl sites for hydroxylation is 1. The summed E-state index contributed by atoms with van der Waals surface area (Å²) in [6.45, 7) is 1.94. The zero-order chi connectivity index (χ0) is 22.1. The predicted molar refractivity (Wildman–Crippen MR) is 122 cm³/mol. The third-order valence-corrected chi connectivity index (χ3v) is 6.59. The Morgan fingerprint density at radius 1 is 1.10 bits per heavy atom. The molecule has 0 bridgehead atoms. The van der Waals surface area contributed by atoms with Crippen LogP contribution in [0.1, 0.15) is 22.1 Å². The van der Waals surface area contributed by atoms with Gasteiger partial charge in [0, 0.05) is 10.6 Å². The third-order valence-electron chi connectivity index (χ3n) is 5.07. The summed E-state index contributed by atoms with van der Waals surface area (Å²) < 4.78 is 18.3. The van der Waals surface area contributed by atoms with Crippen molar-refractivity contribution in [2.24, 2.45) is 0 Å². The summed E-state index contributed by atoms with van der Waals surface area (Å²) in [6, 6.07) is 11.2. The molecule has 162 valence electrons. The van der Waals surface area contributed by atoms with Gasteiger partial charge in [-0.2, -0.15) is 5.10 Å². The molecule has 2 heterocycles. The Balaban J connectivity index is 1.89. The molecular formula is C22H22ClN3O4S. The van der Waals surface area contributed by atoms with E-state index in [0.29, 0.717) is 33.8 Å². The minimum Gasteiger partial charge on any atom is -0.493 e. The second-order valence-electron chi connectivity index (χ2n) is 6.93. The van der Waals surface area contributed by atoms with E-state index >= 15 is 0 Å². The van der Waals surface area contributed by atoms with E-state index in [0.717, 1.165) is 22.5 Å². The fourth-order valence-corrected chi connectivity index (χ4v) is 4.96. The van der Waals surface area contributed by atoms with Gasteiger partial charge in [0.05, 0.1) is 43.7 Å². The van der Waals surface area contributed by atoms with Gasteiger partial charge in [-0.25, -0.2) is 4.68 Å². The van der Waals surface area contributed by atoms with Crippen LogP contribution >= 0.6 is 23.4 Å². The number of hydrogen-bond acceptors (Lipinski definition) is 6. The van der Waals surface area contributed by atoms with Gasteiger partial charge in [-0.05, 0) is 48.9 Å². The first-order valence-electron chi connectivity index (χ1n) is 9.53. The fourth-order valence-electron chi connectivity index (χ4n) is 3.67. The number of ether oxygens (including phenoxy) is 3. The number of anilines is 1. The highest BCUT2D eigenvalue weighted by molar-refractivity contribution is 8.00. The average Bonchev–Trinajstić information content (AvgIpc) is 2.98. The van der Waals surface area contributed by atoms with Crippen LogP contribution in [0.4, 0.5) is 5.82 Å². The monoisotopic (exact) mass is 459 g/mol. The number of halogens is 1. The highest BCUT2D eigenvalue weighted by atomic mass is 35.5. The Bertz CT molecular complexity index is 1110. The van der Waals surface area contributed by atoms with Gasteiger partial charge in [0.15, 0.2) is 11.5 Å². The molecule has 0 radical (unpaired) electrons. The van der Waals surface area contributed by atoms with Gasteiger partial charge in [0.25, 0.3) is 0 Å². The van der Waals surface area contributed by atoms with Crippen LogP contribution in [0.3, 0.4) is 0 Å². The number of hydrogen-bond donors (Lipinski definition) is 1. The zero-order valence-electron chi connectivity index (χ0n) is 17.6. The van der Waals surface area contributed by atoms with Crippen LogP contribution < -0.4 is 19.5 Å². The molecule has 9 heteroatoms. The summed E-state index contributed by atoms with van der Waals surface area (Å²) in [5.41, 5.74) is 3.49. The molecule has 7 nitrogen and oxygen atoms in total. The molecule has 1 aliphatic heterocycles. The summed E-state index contributed by atoms with van der Waals surface area (Å²) in [4.78, 5) is 12.6. The molecule has 1 aliphatic rings. The zero-order valence-corrected chi connectivity index (χ0v) is 19.1. The van der Waals surface area contributed by atoms with Gasteiger partial charge in [-0.1, -0.05) is 11.6 Å². The number of carbonyl (C=O) groups is 1. The summed E-state index contributed by atoms with van der Waals surface area (Å²) in [6.07, 6.45) is 0. The summed E-state index contributed by atoms with van der Waals surface area (Å²) >= 11 is 7.57. The number of aromatic nitrogens is 2. The maximum absolute atomic E-state index is 12.6. The van der Waals surface area contributed by atoms with Crippen molar-refractivity contribution >= 4 is 35.1 Å². The van der Waals surface area contributed by atoms with Crippen LogP contribution in [0.15, 0.2) is 36.4 Å². The molecule has 4 rings (SSSR count). The Morgan fingerprint density at radius 3 is 2.32 bits per heavy atom. The highest BCUT2D eigenvalue weighted by Crippen LogP contribution is 2.48. The van der Waals surface area contributed by atoms with Crippen LogP contribution in [-0.2, 0) is 4.79 Å². The second kappa shape index (κ2) is 8.72. The van der Waals surface area contributed by atoms with Crippen molar-refractivity contribution in [3.05, 3.63) is 58.2 Å². The summed E-state index contributed by atoms with van der Waals surface area (Å²) in [7, 11) is 4.74. The van der Waals surface area contributed by atoms with Crippen LogP contribution in [0.25, 0.3) is 5.69 Å². The van der Waals surface area contributed by atoms with E-state index in [-0.39, 0.29) is 11.2 Å². The molecule has 1 atom stereocenters. The van der Waals surface area contributed by atoms with Gasteiger partial charge >= 0.3 is 0 Å². The molecule has 2 aromatic carbocycles. The van der Waals surface area contributed by atoms with E-state index in [1.807, 2.05) is 31.2 Å². The lowest BCUT2D eigenvalue weighted by atomic mass is 10.0. The molecule has 0 spiro atoms. The average molecular weight is 460 g/mol. The first-order chi connectivity index (χ1) is 15.0. The quantitative estimate of drug-likeness (QED) is 0.599. The SMILES string of the molecule is COc1cc(C2SCC(=O)Nc3c2c(C)nn3-c2ccc(Cl)cc2)cc(OC)c1OC. The Labute approximate surface area is 189 Å². The first-order valence-corrected chi connectivity index (χ1v) is 11.0. The lowest BCUT2D eigenvalue weighted by Gasteiger charge is -2.19. The van der Waals surface area contributed by atoms with Crippen molar-refractivity contribution in [1.82, 2.24) is 9.78 Å². The van der Waals surface area contributed by atoms with Crippen molar-refractivity contribution in [3.8, 4) is 22.9 Å². The molecule has 1 aromatic heterocycles. The molecular weight excluding hydrogens is 438 g/mol. The molecule has 0 saturated carbocycles. The predicted octanol–water partition coefficient (Wildman–Crippen LogP) is 4.63. The van der Waals surface area contributed by atoms with Gasteiger partial charge in [0.2, 0.25) is 11.7 Å². The summed E-state index contributed by atoms with van der Waals surface area (Å²) in [5, 5.41) is 8.22. The van der Waals surface area contributed by atoms with E-state index in [4.69, 9.17) is 30.9 Å². The van der Waals surface area contributed by atoms with Gasteiger partial charge in [0.1, 0.15) is 5.82 Å². The first kappa shape index (κ1) is 21.4. The van der Waals surface area contributed by atoms with Crippen molar-refractivity contribution in [2.45, 2.75) is 12.2 Å². The van der Waals surface area contributed by atoms with E-state index in [2.05, 4.69) is 5.32 Å². The van der Waals surface area contributed by atoms with Crippen molar-refractivity contribution in [3.63, 3.8) is 0 Å². The van der Waals surface area contributed by atoms with E-state index < -0.39 is 0 Å². The lowest BCUT2D eigenvalue weighted by molar-refractivity contribution is -0.113. The second-order valence-corrected chi connectivity index (χ2v) is 8.46. The number of nitrogens with one attached hydrogen (secondary N) is 1. The number of amides is 1. The van der Waals surface area contributed by atoms with Crippen LogP contribution in [-0.4, -0.2) is 42.8 Å². The van der Waals surface area contributed by atoms with Crippen molar-refractivity contribution < 1.29 is 19.0 Å². The molecule has 1 amide bonds. The van der Waals surface area contributed by atoms with Crippen molar-refractivity contribution in [1.29, 1.82) is 0 Å². The Kier molecular flexibility index (Phi) is 6.02. The largest absolute Gasteiger partial charge is 0.493 e. The van der Waals surface area contributed by atoms with Crippen LogP contribution in [0.5, 0.6) is 17.2 Å². The smallest absolute Gasteiger partial charge is 0.235 e. The number of carbonyl (C=O) groups excluding carboxylic acids is 1. The van der Waals surface area contributed by atoms with Crippen LogP contribution in [0.2, 0.25) is 5.02 Å². The fraction of sp³-hybridized carbons (Fsp3) is 0.273. The third kappa shape index (κ3) is 3.93. The molecule has 1 unspecified atom stereocenters. The van der Waals surface area contributed by atoms with Crippen LogP contribution in [0, 0.1) is 6.92 Å². The molecule has 0 saturated heterocycles. The number of rotatable bonds is 5. The summed E-state index contributed by atoms with van der Waals surface area (Å²) in [5.74, 6) is 2.51. The van der Waals surface area contributed by atoms with E-state index in [1.165, 1.54) is 11.8 Å². The van der Waals surface area contributed by atoms with Gasteiger partial charge < -0.3 is 19.5 Å². The lowest BCUT2D eigenvalue weighted by Crippen LogP contribution is -2.15. The van der Waals surface area contributed by atoms with Gasteiger partial charge in [-0.3, -0.25) is 4.79 Å². The normalized spacial score (nSPS) is 15.6. The number of methoxy groups -OCH3 is 3. The molecule has 1 N–H and O–H groups in total. The maximum Gasteiger partial charge on any atom is 0.235 e. The Hall–Kier alpha value is -2.84. The topological polar surface area (TPSA) is 74.6 Å². The Morgan fingerprint density at radius 2 is 1.74 bits per heavy atom. The number of nitrogens with zero attached hydrogens (tertiary/aromatic N) is 2. The highest BCUT2D eigenvalue weighted by Gasteiger charge is 2.32. The minimum absolute atomic E-state index is 0.0868. The van der Waals surface area contributed by atoms with E-state index in [9.17, 15) is 4.79 Å². The molecule has 0 aliphatic carbocycles. The maximum atomic E-state index is 12.6. The van der Waals surface area contributed by atoms with Crippen molar-refractivity contribution in [2.75, 3.05) is 32.4 Å². The minimum atomic E-state index is -0.163. The molecule has 31 heavy (non-hydrogen) atoms. The standard InChI is InChI=1S/C22H22ClN3O4S/c1-12-19-21(13-9-16(28-2)20(30-4)17(10-13)29-3)31-11-18(27)24-22(19)26(25-12)15-7-5-14(23)6-8-15/h5-10,21H,11H2,1-4H3,(H,24,27). The molecule has 0 fully saturated rings. The number of thioether (sulfide) groups is 1. The van der Waals surface area contributed by atoms with E-state index in [1.54, 1.807) is 38.1 Å². The number of fused-ring (bicyclic) bond motifs is 1. The molecule has 3 aromatic rings. The number of benzene rings is 2. The van der Waals surface area contributed by atoms with Gasteiger partial charge in [-0.15, -0.1) is 11.8 Å².